The molecule has 0 aliphatic heterocycles. The summed E-state index contributed by atoms with van der Waals surface area (Å²) < 4.78 is 0. The number of H-pyrrole nitrogens is 2. The molecule has 0 atom stereocenters. The SMILES string of the molecule is O=c1[nH]c(CCSCCc2nc3ccccc3c(=O)[nH]2)nc2ccccc12. The van der Waals surface area contributed by atoms with Crippen LogP contribution in [-0.2, 0) is 12.8 Å². The van der Waals surface area contributed by atoms with Crippen molar-refractivity contribution in [2.45, 2.75) is 12.8 Å². The van der Waals surface area contributed by atoms with Crippen molar-refractivity contribution in [2.75, 3.05) is 11.5 Å². The van der Waals surface area contributed by atoms with Crippen LogP contribution >= 0.6 is 11.8 Å². The summed E-state index contributed by atoms with van der Waals surface area (Å²) >= 11 is 1.74. The molecule has 0 spiro atoms. The van der Waals surface area contributed by atoms with Gasteiger partial charge in [-0.25, -0.2) is 9.97 Å². The molecule has 0 amide bonds. The first-order chi connectivity index (χ1) is 13.2. The fourth-order valence-corrected chi connectivity index (χ4v) is 3.83. The summed E-state index contributed by atoms with van der Waals surface area (Å²) in [6.07, 6.45) is 1.37. The van der Waals surface area contributed by atoms with Gasteiger partial charge in [0, 0.05) is 24.3 Å². The highest BCUT2D eigenvalue weighted by Gasteiger charge is 2.05. The Hall–Kier alpha value is -2.93. The third kappa shape index (κ3) is 3.93. The van der Waals surface area contributed by atoms with Crippen molar-refractivity contribution in [3.63, 3.8) is 0 Å². The molecule has 0 saturated heterocycles. The Morgan fingerprint density at radius 2 is 1.15 bits per heavy atom. The molecule has 0 radical (unpaired) electrons. The van der Waals surface area contributed by atoms with Crippen molar-refractivity contribution < 1.29 is 0 Å². The lowest BCUT2D eigenvalue weighted by atomic mass is 10.2. The zero-order valence-corrected chi connectivity index (χ0v) is 15.4. The summed E-state index contributed by atoms with van der Waals surface area (Å²) in [5, 5.41) is 1.22. The van der Waals surface area contributed by atoms with Crippen LogP contribution in [0.15, 0.2) is 58.1 Å². The van der Waals surface area contributed by atoms with Crippen LogP contribution < -0.4 is 11.1 Å². The topological polar surface area (TPSA) is 91.5 Å². The number of aromatic nitrogens is 4. The van der Waals surface area contributed by atoms with Gasteiger partial charge < -0.3 is 9.97 Å². The monoisotopic (exact) mass is 378 g/mol. The van der Waals surface area contributed by atoms with E-state index in [1.807, 2.05) is 36.4 Å². The van der Waals surface area contributed by atoms with Crippen molar-refractivity contribution in [2.24, 2.45) is 0 Å². The van der Waals surface area contributed by atoms with Crippen molar-refractivity contribution in [1.82, 2.24) is 19.9 Å². The van der Waals surface area contributed by atoms with Gasteiger partial charge in [-0.2, -0.15) is 11.8 Å². The van der Waals surface area contributed by atoms with Crippen LogP contribution in [0, 0.1) is 0 Å². The number of nitrogens with one attached hydrogen (secondary N) is 2. The summed E-state index contributed by atoms with van der Waals surface area (Å²) in [5.74, 6) is 3.06. The molecule has 0 fully saturated rings. The zero-order valence-electron chi connectivity index (χ0n) is 14.6. The van der Waals surface area contributed by atoms with Gasteiger partial charge in [0.1, 0.15) is 11.6 Å². The average Bonchev–Trinajstić information content (AvgIpc) is 2.68. The molecule has 2 N–H and O–H groups in total. The fourth-order valence-electron chi connectivity index (χ4n) is 2.95. The van der Waals surface area contributed by atoms with Gasteiger partial charge in [-0.15, -0.1) is 0 Å². The number of aromatic amines is 2. The molecule has 0 bridgehead atoms. The normalized spacial score (nSPS) is 11.3. The molecule has 6 nitrogen and oxygen atoms in total. The number of fused-ring (bicyclic) bond motifs is 2. The van der Waals surface area contributed by atoms with Crippen LogP contribution in [-0.4, -0.2) is 31.4 Å². The van der Waals surface area contributed by atoms with Gasteiger partial charge in [0.15, 0.2) is 0 Å². The highest BCUT2D eigenvalue weighted by Crippen LogP contribution is 2.10. The number of hydrogen-bond acceptors (Lipinski definition) is 5. The van der Waals surface area contributed by atoms with Crippen molar-refractivity contribution in [3.05, 3.63) is 80.9 Å². The van der Waals surface area contributed by atoms with Gasteiger partial charge >= 0.3 is 0 Å². The van der Waals surface area contributed by atoms with Crippen LogP contribution in [0.4, 0.5) is 0 Å². The van der Waals surface area contributed by atoms with E-state index < -0.39 is 0 Å². The highest BCUT2D eigenvalue weighted by atomic mass is 32.2. The Labute approximate surface area is 159 Å². The molecule has 0 aliphatic rings. The highest BCUT2D eigenvalue weighted by molar-refractivity contribution is 7.99. The van der Waals surface area contributed by atoms with E-state index in [0.29, 0.717) is 35.3 Å². The maximum atomic E-state index is 12.1. The van der Waals surface area contributed by atoms with Gasteiger partial charge in [-0.1, -0.05) is 24.3 Å². The predicted octanol–water partition coefficient (Wildman–Crippen LogP) is 2.68. The average molecular weight is 378 g/mol. The van der Waals surface area contributed by atoms with Gasteiger partial charge in [0.25, 0.3) is 11.1 Å². The predicted molar refractivity (Wildman–Crippen MR) is 109 cm³/mol. The van der Waals surface area contributed by atoms with Crippen molar-refractivity contribution in [1.29, 1.82) is 0 Å². The van der Waals surface area contributed by atoms with Crippen molar-refractivity contribution in [3.8, 4) is 0 Å². The van der Waals surface area contributed by atoms with Crippen LogP contribution in [0.1, 0.15) is 11.6 Å². The minimum absolute atomic E-state index is 0.0986. The number of rotatable bonds is 6. The molecule has 4 aromatic rings. The summed E-state index contributed by atoms with van der Waals surface area (Å²) in [7, 11) is 0. The minimum Gasteiger partial charge on any atom is -0.310 e. The maximum absolute atomic E-state index is 12.1. The van der Waals surface area contributed by atoms with Crippen LogP contribution in [0.2, 0.25) is 0 Å². The number of hydrogen-bond donors (Lipinski definition) is 2. The Bertz CT molecular complexity index is 1120. The Morgan fingerprint density at radius 3 is 1.63 bits per heavy atom. The Kier molecular flexibility index (Phi) is 5.02. The molecule has 0 unspecified atom stereocenters. The number of nitrogens with zero attached hydrogens (tertiary/aromatic N) is 2. The van der Waals surface area contributed by atoms with Gasteiger partial charge in [-0.05, 0) is 24.3 Å². The minimum atomic E-state index is -0.0986. The smallest absolute Gasteiger partial charge is 0.258 e. The van der Waals surface area contributed by atoms with Gasteiger partial charge in [0.05, 0.1) is 21.8 Å². The molecule has 2 aromatic heterocycles. The first-order valence-electron chi connectivity index (χ1n) is 8.74. The summed E-state index contributed by atoms with van der Waals surface area (Å²) in [5.41, 5.74) is 1.25. The van der Waals surface area contributed by atoms with Crippen LogP contribution in [0.25, 0.3) is 21.8 Å². The van der Waals surface area contributed by atoms with E-state index in [1.54, 1.807) is 23.9 Å². The van der Waals surface area contributed by atoms with E-state index in [2.05, 4.69) is 19.9 Å². The van der Waals surface area contributed by atoms with E-state index in [9.17, 15) is 9.59 Å². The van der Waals surface area contributed by atoms with Crippen LogP contribution in [0.5, 0.6) is 0 Å². The van der Waals surface area contributed by atoms with E-state index in [0.717, 1.165) is 22.5 Å². The van der Waals surface area contributed by atoms with E-state index >= 15 is 0 Å². The summed E-state index contributed by atoms with van der Waals surface area (Å²) in [6, 6.07) is 14.7. The molecule has 4 rings (SSSR count). The Balaban J connectivity index is 1.34. The first-order valence-corrected chi connectivity index (χ1v) is 9.90. The van der Waals surface area contributed by atoms with E-state index in [4.69, 9.17) is 0 Å². The number of aryl methyl sites for hydroxylation is 2. The summed E-state index contributed by atoms with van der Waals surface area (Å²) in [6.45, 7) is 0. The largest absolute Gasteiger partial charge is 0.310 e. The molecular weight excluding hydrogens is 360 g/mol. The third-order valence-electron chi connectivity index (χ3n) is 4.29. The van der Waals surface area contributed by atoms with Gasteiger partial charge in [0.2, 0.25) is 0 Å². The molecular formula is C20H18N4O2S. The van der Waals surface area contributed by atoms with E-state index in [1.165, 1.54) is 0 Å². The quantitative estimate of drug-likeness (QED) is 0.503. The molecule has 7 heteroatoms. The number of benzene rings is 2. The second-order valence-corrected chi connectivity index (χ2v) is 7.40. The zero-order chi connectivity index (χ0) is 18.6. The second kappa shape index (κ2) is 7.75. The maximum Gasteiger partial charge on any atom is 0.258 e. The molecule has 0 aliphatic carbocycles. The molecule has 2 aromatic carbocycles. The second-order valence-electron chi connectivity index (χ2n) is 6.17. The fraction of sp³-hybridized carbons (Fsp3) is 0.200. The third-order valence-corrected chi connectivity index (χ3v) is 5.28. The molecule has 2 heterocycles. The number of thioether (sulfide) groups is 1. The van der Waals surface area contributed by atoms with Crippen LogP contribution in [0.3, 0.4) is 0 Å². The lowest BCUT2D eigenvalue weighted by Gasteiger charge is -2.04. The molecule has 136 valence electrons. The summed E-state index contributed by atoms with van der Waals surface area (Å²) in [4.78, 5) is 38.8. The standard InChI is InChI=1S/C20H18N4O2S/c25-19-13-5-1-3-7-15(13)21-17(23-19)9-11-27-12-10-18-22-16-8-4-2-6-14(16)20(26)24-18/h1-8H,9-12H2,(H,21,23,25)(H,22,24,26). The van der Waals surface area contributed by atoms with Crippen molar-refractivity contribution >= 4 is 33.6 Å². The Morgan fingerprint density at radius 1 is 0.704 bits per heavy atom. The van der Waals surface area contributed by atoms with E-state index in [-0.39, 0.29) is 11.1 Å². The molecule has 27 heavy (non-hydrogen) atoms. The number of para-hydroxylation sites is 2. The lowest BCUT2D eigenvalue weighted by Crippen LogP contribution is -2.13. The van der Waals surface area contributed by atoms with Gasteiger partial charge in [-0.3, -0.25) is 9.59 Å². The lowest BCUT2D eigenvalue weighted by molar-refractivity contribution is 0.939. The molecule has 0 saturated carbocycles. The first kappa shape index (κ1) is 17.5.